The highest BCUT2D eigenvalue weighted by Crippen LogP contribution is 2.17. The number of hydrogen-bond donors (Lipinski definition) is 1. The number of anilines is 1. The van der Waals surface area contributed by atoms with Crippen molar-refractivity contribution in [2.75, 3.05) is 58.3 Å². The van der Waals surface area contributed by atoms with Gasteiger partial charge in [-0.25, -0.2) is 0 Å². The minimum absolute atomic E-state index is 0.911. The lowest BCUT2D eigenvalue weighted by Crippen LogP contribution is -2.45. The van der Waals surface area contributed by atoms with Gasteiger partial charge in [0, 0.05) is 52.0 Å². The maximum atomic E-state index is 5.17. The lowest BCUT2D eigenvalue weighted by molar-refractivity contribution is 0.246. The lowest BCUT2D eigenvalue weighted by Gasteiger charge is -2.29. The summed E-state index contributed by atoms with van der Waals surface area (Å²) >= 11 is 0. The molecule has 18 heavy (non-hydrogen) atoms. The van der Waals surface area contributed by atoms with Crippen LogP contribution >= 0.6 is 0 Å². The molecular formula is C14H23N3O. The van der Waals surface area contributed by atoms with Crippen LogP contribution in [0.3, 0.4) is 0 Å². The number of rotatable bonds is 5. The second-order valence-corrected chi connectivity index (χ2v) is 4.71. The average molecular weight is 249 g/mol. The molecule has 1 fully saturated rings. The first-order valence-electron chi connectivity index (χ1n) is 6.58. The van der Waals surface area contributed by atoms with Crippen LogP contribution in [-0.4, -0.2) is 58.3 Å². The fourth-order valence-corrected chi connectivity index (χ4v) is 2.19. The second-order valence-electron chi connectivity index (χ2n) is 4.71. The molecule has 1 aromatic carbocycles. The van der Waals surface area contributed by atoms with Crippen LogP contribution in [0.5, 0.6) is 5.75 Å². The predicted octanol–water partition coefficient (Wildman–Crippen LogP) is 1.04. The van der Waals surface area contributed by atoms with E-state index in [4.69, 9.17) is 4.74 Å². The van der Waals surface area contributed by atoms with Crippen LogP contribution in [0.4, 0.5) is 5.69 Å². The maximum Gasteiger partial charge on any atom is 0.119 e. The molecule has 4 nitrogen and oxygen atoms in total. The van der Waals surface area contributed by atoms with Gasteiger partial charge >= 0.3 is 0 Å². The van der Waals surface area contributed by atoms with Crippen LogP contribution in [0.2, 0.25) is 0 Å². The van der Waals surface area contributed by atoms with E-state index in [1.54, 1.807) is 7.11 Å². The minimum atomic E-state index is 0.911. The highest BCUT2D eigenvalue weighted by Gasteiger charge is 2.10. The number of methoxy groups -OCH3 is 1. The van der Waals surface area contributed by atoms with Crippen LogP contribution in [0.1, 0.15) is 0 Å². The van der Waals surface area contributed by atoms with E-state index in [9.17, 15) is 0 Å². The fourth-order valence-electron chi connectivity index (χ4n) is 2.19. The number of ether oxygens (including phenoxy) is 1. The summed E-state index contributed by atoms with van der Waals surface area (Å²) in [5.74, 6) is 0.911. The van der Waals surface area contributed by atoms with Gasteiger partial charge in [-0.05, 0) is 24.3 Å². The molecule has 0 atom stereocenters. The van der Waals surface area contributed by atoms with Crippen LogP contribution < -0.4 is 15.0 Å². The Morgan fingerprint density at radius 2 is 1.89 bits per heavy atom. The van der Waals surface area contributed by atoms with Crippen molar-refractivity contribution in [1.29, 1.82) is 0 Å². The first-order chi connectivity index (χ1) is 8.79. The number of hydrogen-bond acceptors (Lipinski definition) is 4. The van der Waals surface area contributed by atoms with E-state index in [2.05, 4.69) is 34.3 Å². The van der Waals surface area contributed by atoms with E-state index in [0.717, 1.165) is 45.0 Å². The van der Waals surface area contributed by atoms with Crippen LogP contribution in [-0.2, 0) is 0 Å². The van der Waals surface area contributed by atoms with Gasteiger partial charge in [0.25, 0.3) is 0 Å². The van der Waals surface area contributed by atoms with Gasteiger partial charge in [0.1, 0.15) is 5.75 Å². The van der Waals surface area contributed by atoms with Gasteiger partial charge in [0.2, 0.25) is 0 Å². The van der Waals surface area contributed by atoms with E-state index in [0.29, 0.717) is 0 Å². The third kappa shape index (κ3) is 3.62. The largest absolute Gasteiger partial charge is 0.497 e. The summed E-state index contributed by atoms with van der Waals surface area (Å²) in [6, 6.07) is 8.24. The Hall–Kier alpha value is -1.26. The van der Waals surface area contributed by atoms with Gasteiger partial charge in [0.15, 0.2) is 0 Å². The highest BCUT2D eigenvalue weighted by molar-refractivity contribution is 5.48. The molecule has 0 saturated carbocycles. The van der Waals surface area contributed by atoms with Crippen LogP contribution in [0.15, 0.2) is 24.3 Å². The number of nitrogens with one attached hydrogen (secondary N) is 1. The Bertz CT molecular complexity index is 347. The number of benzene rings is 1. The average Bonchev–Trinajstić information content (AvgIpc) is 2.46. The number of likely N-dealkylation sites (N-methyl/N-ethyl adjacent to an activating group) is 1. The van der Waals surface area contributed by atoms with Gasteiger partial charge in [-0.1, -0.05) is 0 Å². The quantitative estimate of drug-likeness (QED) is 0.844. The summed E-state index contributed by atoms with van der Waals surface area (Å²) in [5.41, 5.74) is 1.24. The molecule has 1 aliphatic rings. The van der Waals surface area contributed by atoms with Crippen molar-refractivity contribution in [3.8, 4) is 5.75 Å². The predicted molar refractivity (Wildman–Crippen MR) is 75.6 cm³/mol. The Labute approximate surface area is 110 Å². The zero-order chi connectivity index (χ0) is 12.8. The van der Waals surface area contributed by atoms with Crippen molar-refractivity contribution < 1.29 is 4.74 Å². The van der Waals surface area contributed by atoms with Gasteiger partial charge in [-0.2, -0.15) is 0 Å². The molecule has 2 rings (SSSR count). The first kappa shape index (κ1) is 13.2. The van der Waals surface area contributed by atoms with Gasteiger partial charge in [-0.15, -0.1) is 0 Å². The molecule has 1 N–H and O–H groups in total. The summed E-state index contributed by atoms with van der Waals surface area (Å²) in [5, 5.41) is 3.38. The van der Waals surface area contributed by atoms with E-state index < -0.39 is 0 Å². The standard InChI is InChI=1S/C14H23N3O/c1-16(11-12-17-9-7-15-8-10-17)13-3-5-14(18-2)6-4-13/h3-6,15H,7-12H2,1-2H3. The Morgan fingerprint density at radius 3 is 2.50 bits per heavy atom. The molecule has 0 unspecified atom stereocenters. The lowest BCUT2D eigenvalue weighted by atomic mass is 10.2. The zero-order valence-electron chi connectivity index (χ0n) is 11.4. The molecule has 1 heterocycles. The molecule has 1 aliphatic heterocycles. The van der Waals surface area contributed by atoms with Crippen LogP contribution in [0, 0.1) is 0 Å². The van der Waals surface area contributed by atoms with Crippen molar-refractivity contribution in [2.45, 2.75) is 0 Å². The molecule has 1 aromatic rings. The van der Waals surface area contributed by atoms with Crippen molar-refractivity contribution in [2.24, 2.45) is 0 Å². The monoisotopic (exact) mass is 249 g/mol. The minimum Gasteiger partial charge on any atom is -0.497 e. The number of nitrogens with zero attached hydrogens (tertiary/aromatic N) is 2. The molecule has 0 aliphatic carbocycles. The molecule has 4 heteroatoms. The van der Waals surface area contributed by atoms with Crippen molar-refractivity contribution in [1.82, 2.24) is 10.2 Å². The molecule has 1 saturated heterocycles. The topological polar surface area (TPSA) is 27.7 Å². The Balaban J connectivity index is 1.80. The smallest absolute Gasteiger partial charge is 0.119 e. The molecule has 0 aromatic heterocycles. The normalized spacial score (nSPS) is 16.6. The fraction of sp³-hybridized carbons (Fsp3) is 0.571. The third-order valence-electron chi connectivity index (χ3n) is 3.47. The van der Waals surface area contributed by atoms with Crippen molar-refractivity contribution in [3.05, 3.63) is 24.3 Å². The summed E-state index contributed by atoms with van der Waals surface area (Å²) in [6.07, 6.45) is 0. The highest BCUT2D eigenvalue weighted by atomic mass is 16.5. The van der Waals surface area contributed by atoms with Crippen molar-refractivity contribution in [3.63, 3.8) is 0 Å². The molecule has 0 bridgehead atoms. The molecule has 0 spiro atoms. The molecule has 0 amide bonds. The van der Waals surface area contributed by atoms with E-state index in [1.165, 1.54) is 5.69 Å². The van der Waals surface area contributed by atoms with Gasteiger partial charge in [0.05, 0.1) is 7.11 Å². The van der Waals surface area contributed by atoms with Crippen molar-refractivity contribution >= 4 is 5.69 Å². The SMILES string of the molecule is COc1ccc(N(C)CCN2CCNCC2)cc1. The van der Waals surface area contributed by atoms with E-state index in [-0.39, 0.29) is 0 Å². The second kappa shape index (κ2) is 6.61. The summed E-state index contributed by atoms with van der Waals surface area (Å²) in [6.45, 7) is 6.75. The molecular weight excluding hydrogens is 226 g/mol. The molecule has 100 valence electrons. The van der Waals surface area contributed by atoms with Crippen LogP contribution in [0.25, 0.3) is 0 Å². The molecule has 0 radical (unpaired) electrons. The summed E-state index contributed by atoms with van der Waals surface area (Å²) in [4.78, 5) is 4.80. The third-order valence-corrected chi connectivity index (χ3v) is 3.47. The maximum absolute atomic E-state index is 5.17. The Kier molecular flexibility index (Phi) is 4.84. The Morgan fingerprint density at radius 1 is 1.22 bits per heavy atom. The summed E-state index contributed by atoms with van der Waals surface area (Å²) in [7, 11) is 3.84. The van der Waals surface area contributed by atoms with E-state index in [1.807, 2.05) is 12.1 Å². The first-order valence-corrected chi connectivity index (χ1v) is 6.58. The van der Waals surface area contributed by atoms with Gasteiger partial charge in [-0.3, -0.25) is 4.90 Å². The summed E-state index contributed by atoms with van der Waals surface area (Å²) < 4.78 is 5.17. The van der Waals surface area contributed by atoms with E-state index >= 15 is 0 Å². The number of piperazine rings is 1. The van der Waals surface area contributed by atoms with Gasteiger partial charge < -0.3 is 15.0 Å². The zero-order valence-corrected chi connectivity index (χ0v) is 11.4.